The molecule has 1 amide bonds. The lowest BCUT2D eigenvalue weighted by molar-refractivity contribution is -0.123. The largest absolute Gasteiger partial charge is 0.483 e. The number of rotatable bonds is 9. The SMILES string of the molecule is CCC(C)c1ccccc1OCC(=O)NCCCc1nc2ccccc2s1. The summed E-state index contributed by atoms with van der Waals surface area (Å²) in [6, 6.07) is 16.1. The molecule has 0 aliphatic carbocycles. The molecular weight excluding hydrogens is 356 g/mol. The van der Waals surface area contributed by atoms with Crippen molar-refractivity contribution in [1.29, 1.82) is 0 Å². The molecule has 4 nitrogen and oxygen atoms in total. The van der Waals surface area contributed by atoms with Crippen molar-refractivity contribution < 1.29 is 9.53 Å². The Balaban J connectivity index is 1.41. The highest BCUT2D eigenvalue weighted by Crippen LogP contribution is 2.28. The maximum Gasteiger partial charge on any atom is 0.257 e. The quantitative estimate of drug-likeness (QED) is 0.534. The molecule has 1 N–H and O–H groups in total. The second-order valence-corrected chi connectivity index (χ2v) is 7.78. The Kier molecular flexibility index (Phi) is 6.82. The molecule has 0 fully saturated rings. The molecule has 1 aromatic heterocycles. The average molecular weight is 383 g/mol. The molecule has 0 bridgehead atoms. The first-order chi connectivity index (χ1) is 13.2. The highest BCUT2D eigenvalue weighted by molar-refractivity contribution is 7.18. The number of hydrogen-bond donors (Lipinski definition) is 1. The minimum Gasteiger partial charge on any atom is -0.483 e. The van der Waals surface area contributed by atoms with Crippen LogP contribution in [0.25, 0.3) is 10.2 Å². The summed E-state index contributed by atoms with van der Waals surface area (Å²) in [5.74, 6) is 1.13. The molecule has 2 aromatic carbocycles. The van der Waals surface area contributed by atoms with Gasteiger partial charge in [-0.1, -0.05) is 44.2 Å². The predicted octanol–water partition coefficient (Wildman–Crippen LogP) is 4.94. The number of amides is 1. The van der Waals surface area contributed by atoms with Crippen LogP contribution in [0.2, 0.25) is 0 Å². The standard InChI is InChI=1S/C22H26N2O2S/c1-3-16(2)17-9-4-6-11-19(17)26-15-21(25)23-14-8-13-22-24-18-10-5-7-12-20(18)27-22/h4-7,9-12,16H,3,8,13-15H2,1-2H3,(H,23,25). The van der Waals surface area contributed by atoms with E-state index in [4.69, 9.17) is 4.74 Å². The van der Waals surface area contributed by atoms with Gasteiger partial charge in [-0.15, -0.1) is 11.3 Å². The number of carbonyl (C=O) groups excluding carboxylic acids is 1. The van der Waals surface area contributed by atoms with E-state index in [0.29, 0.717) is 12.5 Å². The summed E-state index contributed by atoms with van der Waals surface area (Å²) in [5.41, 5.74) is 2.21. The molecule has 0 saturated carbocycles. The summed E-state index contributed by atoms with van der Waals surface area (Å²) in [5, 5.41) is 4.05. The summed E-state index contributed by atoms with van der Waals surface area (Å²) in [6.45, 7) is 5.00. The molecule has 0 radical (unpaired) electrons. The Bertz CT molecular complexity index is 858. The normalized spacial score (nSPS) is 12.1. The van der Waals surface area contributed by atoms with Crippen LogP contribution >= 0.6 is 11.3 Å². The zero-order valence-electron chi connectivity index (χ0n) is 15.9. The van der Waals surface area contributed by atoms with E-state index in [-0.39, 0.29) is 12.5 Å². The number of nitrogens with zero attached hydrogens (tertiary/aromatic N) is 1. The van der Waals surface area contributed by atoms with E-state index in [0.717, 1.165) is 41.1 Å². The van der Waals surface area contributed by atoms with Crippen molar-refractivity contribution in [2.75, 3.05) is 13.2 Å². The first-order valence-corrected chi connectivity index (χ1v) is 10.3. The first-order valence-electron chi connectivity index (χ1n) is 9.50. The Morgan fingerprint density at radius 1 is 1.19 bits per heavy atom. The van der Waals surface area contributed by atoms with Crippen molar-refractivity contribution in [3.8, 4) is 5.75 Å². The van der Waals surface area contributed by atoms with Crippen LogP contribution in [-0.2, 0) is 11.2 Å². The highest BCUT2D eigenvalue weighted by Gasteiger charge is 2.11. The van der Waals surface area contributed by atoms with Crippen molar-refractivity contribution in [3.05, 3.63) is 59.1 Å². The number of aromatic nitrogens is 1. The van der Waals surface area contributed by atoms with Gasteiger partial charge in [0.15, 0.2) is 6.61 Å². The van der Waals surface area contributed by atoms with Gasteiger partial charge in [0.05, 0.1) is 15.2 Å². The molecule has 3 rings (SSSR count). The Morgan fingerprint density at radius 2 is 1.96 bits per heavy atom. The van der Waals surface area contributed by atoms with E-state index in [9.17, 15) is 4.79 Å². The summed E-state index contributed by atoms with van der Waals surface area (Å²) in [6.07, 6.45) is 2.78. The lowest BCUT2D eigenvalue weighted by atomic mass is 9.98. The number of aryl methyl sites for hydroxylation is 1. The molecule has 142 valence electrons. The fourth-order valence-electron chi connectivity index (χ4n) is 2.93. The van der Waals surface area contributed by atoms with Gasteiger partial charge in [-0.2, -0.15) is 0 Å². The van der Waals surface area contributed by atoms with Crippen LogP contribution in [0.1, 0.15) is 43.2 Å². The van der Waals surface area contributed by atoms with Crippen LogP contribution < -0.4 is 10.1 Å². The van der Waals surface area contributed by atoms with Gasteiger partial charge in [0.2, 0.25) is 0 Å². The molecule has 0 aliphatic heterocycles. The summed E-state index contributed by atoms with van der Waals surface area (Å²) in [4.78, 5) is 16.7. The van der Waals surface area contributed by atoms with E-state index in [1.807, 2.05) is 36.4 Å². The van der Waals surface area contributed by atoms with Crippen molar-refractivity contribution in [1.82, 2.24) is 10.3 Å². The van der Waals surface area contributed by atoms with Crippen LogP contribution in [0.3, 0.4) is 0 Å². The molecule has 27 heavy (non-hydrogen) atoms. The maximum atomic E-state index is 12.1. The van der Waals surface area contributed by atoms with Crippen molar-refractivity contribution in [2.24, 2.45) is 0 Å². The molecule has 1 unspecified atom stereocenters. The number of carbonyl (C=O) groups is 1. The van der Waals surface area contributed by atoms with Gasteiger partial charge < -0.3 is 10.1 Å². The van der Waals surface area contributed by atoms with E-state index >= 15 is 0 Å². The number of fused-ring (bicyclic) bond motifs is 1. The Morgan fingerprint density at radius 3 is 2.78 bits per heavy atom. The number of ether oxygens (including phenoxy) is 1. The van der Waals surface area contributed by atoms with Gasteiger partial charge >= 0.3 is 0 Å². The lowest BCUT2D eigenvalue weighted by Crippen LogP contribution is -2.30. The predicted molar refractivity (Wildman–Crippen MR) is 112 cm³/mol. The van der Waals surface area contributed by atoms with E-state index < -0.39 is 0 Å². The summed E-state index contributed by atoms with van der Waals surface area (Å²) >= 11 is 1.72. The second kappa shape index (κ2) is 9.51. The zero-order chi connectivity index (χ0) is 19.1. The van der Waals surface area contributed by atoms with Crippen LogP contribution in [0.15, 0.2) is 48.5 Å². The van der Waals surface area contributed by atoms with Gasteiger partial charge in [-0.05, 0) is 42.5 Å². The molecule has 5 heteroatoms. The number of benzene rings is 2. The molecule has 0 saturated heterocycles. The third-order valence-corrected chi connectivity index (χ3v) is 5.75. The topological polar surface area (TPSA) is 51.2 Å². The Hall–Kier alpha value is -2.40. The maximum absolute atomic E-state index is 12.1. The number of thiazole rings is 1. The third-order valence-electron chi connectivity index (χ3n) is 4.65. The summed E-state index contributed by atoms with van der Waals surface area (Å²) in [7, 11) is 0. The van der Waals surface area contributed by atoms with Gasteiger partial charge in [-0.25, -0.2) is 4.98 Å². The van der Waals surface area contributed by atoms with Crippen molar-refractivity contribution >= 4 is 27.5 Å². The highest BCUT2D eigenvalue weighted by atomic mass is 32.1. The van der Waals surface area contributed by atoms with Gasteiger partial charge in [0.1, 0.15) is 5.75 Å². The van der Waals surface area contributed by atoms with Crippen molar-refractivity contribution in [2.45, 2.75) is 39.0 Å². The van der Waals surface area contributed by atoms with Crippen molar-refractivity contribution in [3.63, 3.8) is 0 Å². The lowest BCUT2D eigenvalue weighted by Gasteiger charge is -2.15. The van der Waals surface area contributed by atoms with Crippen LogP contribution in [-0.4, -0.2) is 24.0 Å². The van der Waals surface area contributed by atoms with Gasteiger partial charge in [-0.3, -0.25) is 4.79 Å². The smallest absolute Gasteiger partial charge is 0.257 e. The van der Waals surface area contributed by atoms with Crippen LogP contribution in [0.5, 0.6) is 5.75 Å². The average Bonchev–Trinajstić information content (AvgIpc) is 3.12. The zero-order valence-corrected chi connectivity index (χ0v) is 16.7. The molecular formula is C22H26N2O2S. The fraction of sp³-hybridized carbons (Fsp3) is 0.364. The number of nitrogens with one attached hydrogen (secondary N) is 1. The van der Waals surface area contributed by atoms with E-state index in [1.165, 1.54) is 4.70 Å². The molecule has 0 spiro atoms. The van der Waals surface area contributed by atoms with Gasteiger partial charge in [0, 0.05) is 13.0 Å². The summed E-state index contributed by atoms with van der Waals surface area (Å²) < 4.78 is 6.97. The third kappa shape index (κ3) is 5.30. The number of para-hydroxylation sites is 2. The first kappa shape index (κ1) is 19.4. The van der Waals surface area contributed by atoms with E-state index in [1.54, 1.807) is 11.3 Å². The van der Waals surface area contributed by atoms with Gasteiger partial charge in [0.25, 0.3) is 5.91 Å². The van der Waals surface area contributed by atoms with E-state index in [2.05, 4.69) is 36.3 Å². The molecule has 0 aliphatic rings. The number of hydrogen-bond acceptors (Lipinski definition) is 4. The monoisotopic (exact) mass is 382 g/mol. The Labute approximate surface area is 164 Å². The van der Waals surface area contributed by atoms with Crippen LogP contribution in [0, 0.1) is 0 Å². The fourth-order valence-corrected chi connectivity index (χ4v) is 3.94. The molecule has 3 aromatic rings. The molecule has 1 atom stereocenters. The second-order valence-electron chi connectivity index (χ2n) is 6.66. The minimum atomic E-state index is -0.0849. The minimum absolute atomic E-state index is 0.0502. The van der Waals surface area contributed by atoms with Crippen LogP contribution in [0.4, 0.5) is 0 Å². The molecule has 1 heterocycles.